The van der Waals surface area contributed by atoms with Crippen molar-refractivity contribution in [2.75, 3.05) is 0 Å². The van der Waals surface area contributed by atoms with Crippen LogP contribution in [0.4, 0.5) is 0 Å². The number of rotatable bonds is 4. The molecule has 0 aliphatic rings. The molecule has 0 unspecified atom stereocenters. The van der Waals surface area contributed by atoms with Gasteiger partial charge in [0.25, 0.3) is 0 Å². The Morgan fingerprint density at radius 1 is 1.20 bits per heavy atom. The zero-order chi connectivity index (χ0) is 11.4. The number of benzene rings is 1. The van der Waals surface area contributed by atoms with Crippen LogP contribution in [0.25, 0.3) is 0 Å². The Morgan fingerprint density at radius 3 is 2.13 bits per heavy atom. The molecule has 0 fully saturated rings. The SMILES string of the molecule is C[C@@H](CC(=O)[O-])c1ccc(C(=O)[O-])cc1. The summed E-state index contributed by atoms with van der Waals surface area (Å²) in [5.74, 6) is -2.55. The number of aliphatic carboxylic acids is 1. The smallest absolute Gasteiger partial charge is 0.0715 e. The molecule has 0 amide bonds. The lowest BCUT2D eigenvalue weighted by molar-refractivity contribution is -0.306. The summed E-state index contributed by atoms with van der Waals surface area (Å²) < 4.78 is 0. The molecular weight excluding hydrogens is 196 g/mol. The van der Waals surface area contributed by atoms with Crippen LogP contribution in [0.5, 0.6) is 0 Å². The Morgan fingerprint density at radius 2 is 1.73 bits per heavy atom. The molecule has 1 atom stereocenters. The van der Waals surface area contributed by atoms with Gasteiger partial charge in [0.05, 0.1) is 5.97 Å². The molecule has 4 nitrogen and oxygen atoms in total. The van der Waals surface area contributed by atoms with E-state index in [9.17, 15) is 19.8 Å². The van der Waals surface area contributed by atoms with Crippen molar-refractivity contribution >= 4 is 11.9 Å². The fourth-order valence-corrected chi connectivity index (χ4v) is 1.32. The van der Waals surface area contributed by atoms with Gasteiger partial charge in [-0.3, -0.25) is 0 Å². The Kier molecular flexibility index (Phi) is 3.44. The molecule has 0 radical (unpaired) electrons. The lowest BCUT2D eigenvalue weighted by Gasteiger charge is -2.13. The highest BCUT2D eigenvalue weighted by molar-refractivity contribution is 5.85. The summed E-state index contributed by atoms with van der Waals surface area (Å²) in [4.78, 5) is 20.8. The van der Waals surface area contributed by atoms with Gasteiger partial charge in [-0.1, -0.05) is 31.2 Å². The Balaban J connectivity index is 2.79. The molecule has 80 valence electrons. The van der Waals surface area contributed by atoms with Crippen LogP contribution < -0.4 is 10.2 Å². The molecule has 1 aromatic rings. The maximum atomic E-state index is 10.4. The summed E-state index contributed by atoms with van der Waals surface area (Å²) in [7, 11) is 0. The van der Waals surface area contributed by atoms with E-state index in [1.54, 1.807) is 19.1 Å². The molecule has 1 rings (SSSR count). The van der Waals surface area contributed by atoms with Crippen LogP contribution in [0.1, 0.15) is 35.2 Å². The summed E-state index contributed by atoms with van der Waals surface area (Å²) in [5.41, 5.74) is 0.851. The first-order chi connectivity index (χ1) is 7.00. The third kappa shape index (κ3) is 3.09. The average molecular weight is 206 g/mol. The third-order valence-corrected chi connectivity index (χ3v) is 2.19. The molecule has 0 heterocycles. The third-order valence-electron chi connectivity index (χ3n) is 2.19. The second-order valence-electron chi connectivity index (χ2n) is 3.39. The van der Waals surface area contributed by atoms with Gasteiger partial charge in [-0.2, -0.15) is 0 Å². The summed E-state index contributed by atoms with van der Waals surface area (Å²) in [5, 5.41) is 20.8. The standard InChI is InChI=1S/C11H12O4/c1-7(6-10(12)13)8-2-4-9(5-3-8)11(14)15/h2-5,7H,6H2,1H3,(H,12,13)(H,14,15)/p-2/t7-/m0/s1. The lowest BCUT2D eigenvalue weighted by Crippen LogP contribution is -2.24. The van der Waals surface area contributed by atoms with E-state index in [0.717, 1.165) is 5.56 Å². The van der Waals surface area contributed by atoms with E-state index in [-0.39, 0.29) is 17.9 Å². The van der Waals surface area contributed by atoms with Gasteiger partial charge in [0.1, 0.15) is 0 Å². The van der Waals surface area contributed by atoms with Crippen LogP contribution in [0, 0.1) is 0 Å². The first kappa shape index (κ1) is 11.2. The highest BCUT2D eigenvalue weighted by atomic mass is 16.4. The summed E-state index contributed by atoms with van der Waals surface area (Å²) in [6.45, 7) is 1.74. The molecule has 0 aliphatic carbocycles. The van der Waals surface area contributed by atoms with Crippen LogP contribution in [-0.2, 0) is 4.79 Å². The Labute approximate surface area is 87.2 Å². The molecule has 15 heavy (non-hydrogen) atoms. The van der Waals surface area contributed by atoms with Crippen molar-refractivity contribution in [3.63, 3.8) is 0 Å². The minimum Gasteiger partial charge on any atom is -0.550 e. The first-order valence-corrected chi connectivity index (χ1v) is 4.52. The van der Waals surface area contributed by atoms with Crippen molar-refractivity contribution in [2.24, 2.45) is 0 Å². The van der Waals surface area contributed by atoms with Gasteiger partial charge in [-0.05, 0) is 23.5 Å². The predicted octanol–water partition coefficient (Wildman–Crippen LogP) is -0.706. The fourth-order valence-electron chi connectivity index (χ4n) is 1.32. The van der Waals surface area contributed by atoms with Crippen LogP contribution >= 0.6 is 0 Å². The zero-order valence-electron chi connectivity index (χ0n) is 8.23. The summed E-state index contributed by atoms with van der Waals surface area (Å²) in [6, 6.07) is 5.96. The Bertz CT molecular complexity index is 367. The number of hydrogen-bond acceptors (Lipinski definition) is 4. The molecule has 0 aromatic heterocycles. The monoisotopic (exact) mass is 206 g/mol. The molecule has 0 saturated heterocycles. The maximum Gasteiger partial charge on any atom is 0.0715 e. The van der Waals surface area contributed by atoms with E-state index >= 15 is 0 Å². The Hall–Kier alpha value is -1.84. The van der Waals surface area contributed by atoms with E-state index < -0.39 is 11.9 Å². The average Bonchev–Trinajstić information content (AvgIpc) is 2.17. The minimum atomic E-state index is -1.24. The van der Waals surface area contributed by atoms with E-state index in [2.05, 4.69) is 0 Å². The number of aromatic carboxylic acids is 1. The van der Waals surface area contributed by atoms with Gasteiger partial charge in [-0.25, -0.2) is 0 Å². The van der Waals surface area contributed by atoms with Crippen LogP contribution in [0.2, 0.25) is 0 Å². The van der Waals surface area contributed by atoms with E-state index in [0.29, 0.717) is 0 Å². The second kappa shape index (κ2) is 4.59. The summed E-state index contributed by atoms with van der Waals surface area (Å²) in [6.07, 6.45) is -0.0787. The lowest BCUT2D eigenvalue weighted by atomic mass is 9.97. The minimum absolute atomic E-state index is 0.0787. The van der Waals surface area contributed by atoms with Gasteiger partial charge in [0.15, 0.2) is 0 Å². The molecule has 0 bridgehead atoms. The van der Waals surface area contributed by atoms with Crippen molar-refractivity contribution in [2.45, 2.75) is 19.3 Å². The van der Waals surface area contributed by atoms with Crippen LogP contribution in [0.15, 0.2) is 24.3 Å². The highest BCUT2D eigenvalue weighted by Gasteiger charge is 2.05. The molecule has 0 N–H and O–H groups in total. The number of carbonyl (C=O) groups is 2. The van der Waals surface area contributed by atoms with E-state index in [1.807, 2.05) is 0 Å². The zero-order valence-corrected chi connectivity index (χ0v) is 8.23. The fraction of sp³-hybridized carbons (Fsp3) is 0.273. The number of hydrogen-bond donors (Lipinski definition) is 0. The van der Waals surface area contributed by atoms with Crippen molar-refractivity contribution in [3.8, 4) is 0 Å². The van der Waals surface area contributed by atoms with Crippen molar-refractivity contribution < 1.29 is 19.8 Å². The summed E-state index contributed by atoms with van der Waals surface area (Å²) >= 11 is 0. The topological polar surface area (TPSA) is 80.3 Å². The van der Waals surface area contributed by atoms with Gasteiger partial charge < -0.3 is 19.8 Å². The van der Waals surface area contributed by atoms with E-state index in [1.165, 1.54) is 12.1 Å². The maximum absolute atomic E-state index is 10.4. The predicted molar refractivity (Wildman–Crippen MR) is 48.8 cm³/mol. The molecule has 0 aliphatic heterocycles. The number of carboxylic acid groups (broad SMARTS) is 2. The molecule has 4 heteroatoms. The van der Waals surface area contributed by atoms with Gasteiger partial charge >= 0.3 is 0 Å². The van der Waals surface area contributed by atoms with Crippen molar-refractivity contribution in [3.05, 3.63) is 35.4 Å². The van der Waals surface area contributed by atoms with Gasteiger partial charge in [0, 0.05) is 5.97 Å². The second-order valence-corrected chi connectivity index (χ2v) is 3.39. The normalized spacial score (nSPS) is 12.1. The number of carboxylic acids is 2. The van der Waals surface area contributed by atoms with Crippen molar-refractivity contribution in [1.82, 2.24) is 0 Å². The quantitative estimate of drug-likeness (QED) is 0.652. The molecule has 0 saturated carbocycles. The molecule has 1 aromatic carbocycles. The van der Waals surface area contributed by atoms with E-state index in [4.69, 9.17) is 0 Å². The number of carbonyl (C=O) groups excluding carboxylic acids is 2. The molecule has 0 spiro atoms. The van der Waals surface area contributed by atoms with Crippen LogP contribution in [-0.4, -0.2) is 11.9 Å². The highest BCUT2D eigenvalue weighted by Crippen LogP contribution is 2.18. The van der Waals surface area contributed by atoms with Crippen molar-refractivity contribution in [1.29, 1.82) is 0 Å². The largest absolute Gasteiger partial charge is 0.550 e. The molecular formula is C11H10O4-2. The first-order valence-electron chi connectivity index (χ1n) is 4.52. The van der Waals surface area contributed by atoms with Gasteiger partial charge in [0.2, 0.25) is 0 Å². The van der Waals surface area contributed by atoms with Gasteiger partial charge in [-0.15, -0.1) is 0 Å². The van der Waals surface area contributed by atoms with Crippen LogP contribution in [0.3, 0.4) is 0 Å².